The number of rotatable bonds is 5. The highest BCUT2D eigenvalue weighted by atomic mass is 32.1. The zero-order valence-electron chi connectivity index (χ0n) is 9.17. The summed E-state index contributed by atoms with van der Waals surface area (Å²) in [6, 6.07) is 7.64. The van der Waals surface area contributed by atoms with E-state index >= 15 is 0 Å². The van der Waals surface area contributed by atoms with Gasteiger partial charge >= 0.3 is 0 Å². The van der Waals surface area contributed by atoms with Crippen LogP contribution in [0.25, 0.3) is 5.69 Å². The molecule has 90 valence electrons. The maximum Gasteiger partial charge on any atom is 0.242 e. The van der Waals surface area contributed by atoms with Crippen molar-refractivity contribution in [3.05, 3.63) is 29.0 Å². The molecule has 1 aromatic carbocycles. The van der Waals surface area contributed by atoms with Gasteiger partial charge in [-0.05, 0) is 30.4 Å². The number of aromatic nitrogens is 4. The maximum absolute atomic E-state index is 5.02. The van der Waals surface area contributed by atoms with E-state index in [4.69, 9.17) is 17.1 Å². The van der Waals surface area contributed by atoms with Crippen molar-refractivity contribution >= 4 is 17.9 Å². The Bertz CT molecular complexity index is 536. The number of nitrogens with one attached hydrogen (secondary N) is 3. The first-order valence-electron chi connectivity index (χ1n) is 4.94. The summed E-state index contributed by atoms with van der Waals surface area (Å²) < 4.78 is 1.99. The predicted molar refractivity (Wildman–Crippen MR) is 65.2 cm³/mol. The average Bonchev–Trinajstić information content (AvgIpc) is 2.76. The molecule has 0 unspecified atom stereocenters. The lowest BCUT2D eigenvalue weighted by Crippen LogP contribution is -2.14. The van der Waals surface area contributed by atoms with Crippen LogP contribution in [0.1, 0.15) is 0 Å². The summed E-state index contributed by atoms with van der Waals surface area (Å²) in [5.74, 6) is 0. The van der Waals surface area contributed by atoms with E-state index in [2.05, 4.69) is 26.3 Å². The topological polar surface area (TPSA) is 79.8 Å². The van der Waals surface area contributed by atoms with Crippen LogP contribution in [0.3, 0.4) is 0 Å². The minimum absolute atomic E-state index is 0.368. The lowest BCUT2D eigenvalue weighted by atomic mass is 10.3. The molecule has 7 nitrogen and oxygen atoms in total. The molecule has 0 saturated heterocycles. The Morgan fingerprint density at radius 3 is 3.12 bits per heavy atom. The van der Waals surface area contributed by atoms with Crippen molar-refractivity contribution in [2.45, 2.75) is 0 Å². The number of nitrogens with zero attached hydrogens (tertiary/aromatic N) is 3. The maximum atomic E-state index is 5.02. The van der Waals surface area contributed by atoms with E-state index < -0.39 is 0 Å². The zero-order valence-corrected chi connectivity index (χ0v) is 9.99. The Balaban J connectivity index is 2.17. The molecule has 0 fully saturated rings. The van der Waals surface area contributed by atoms with Crippen LogP contribution >= 0.6 is 12.2 Å². The van der Waals surface area contributed by atoms with Crippen LogP contribution in [-0.4, -0.2) is 34.0 Å². The second kappa shape index (κ2) is 5.53. The van der Waals surface area contributed by atoms with Gasteiger partial charge in [0.15, 0.2) is 0 Å². The number of hydrogen-bond acceptors (Lipinski definition) is 6. The predicted octanol–water partition coefficient (Wildman–Crippen LogP) is 0.845. The summed E-state index contributed by atoms with van der Waals surface area (Å²) in [5, 5.41) is 13.1. The van der Waals surface area contributed by atoms with Crippen molar-refractivity contribution in [2.75, 3.05) is 19.1 Å². The highest BCUT2D eigenvalue weighted by molar-refractivity contribution is 7.71. The quantitative estimate of drug-likeness (QED) is 0.317. The smallest absolute Gasteiger partial charge is 0.242 e. The van der Waals surface area contributed by atoms with Gasteiger partial charge in [-0.2, -0.15) is 5.21 Å². The van der Waals surface area contributed by atoms with Crippen molar-refractivity contribution < 1.29 is 4.84 Å². The molecule has 0 bridgehead atoms. The zero-order chi connectivity index (χ0) is 12.1. The van der Waals surface area contributed by atoms with Crippen LogP contribution in [0.5, 0.6) is 0 Å². The summed E-state index contributed by atoms with van der Waals surface area (Å²) in [6.07, 6.45) is 0. The molecular weight excluding hydrogens is 240 g/mol. The lowest BCUT2D eigenvalue weighted by molar-refractivity contribution is 0.0727. The molecule has 0 atom stereocenters. The number of H-pyrrole nitrogens is 1. The highest BCUT2D eigenvalue weighted by Gasteiger charge is 2.00. The summed E-state index contributed by atoms with van der Waals surface area (Å²) in [6.45, 7) is 0.368. The van der Waals surface area contributed by atoms with E-state index in [0.717, 1.165) is 11.4 Å². The minimum atomic E-state index is 0.368. The Morgan fingerprint density at radius 1 is 1.53 bits per heavy atom. The van der Waals surface area contributed by atoms with Gasteiger partial charge in [-0.3, -0.25) is 4.84 Å². The monoisotopic (exact) mass is 252 g/mol. The van der Waals surface area contributed by atoms with Crippen molar-refractivity contribution in [1.82, 2.24) is 25.7 Å². The molecule has 0 aliphatic heterocycles. The van der Waals surface area contributed by atoms with Crippen LogP contribution in [0.4, 0.5) is 5.69 Å². The summed E-state index contributed by atoms with van der Waals surface area (Å²) >= 11 is 5.02. The molecule has 1 aromatic heterocycles. The molecule has 2 aromatic rings. The Labute approximate surface area is 103 Å². The van der Waals surface area contributed by atoms with Gasteiger partial charge < -0.3 is 5.32 Å². The van der Waals surface area contributed by atoms with E-state index in [1.54, 1.807) is 11.7 Å². The summed E-state index contributed by atoms with van der Waals surface area (Å²) in [5.41, 5.74) is 4.35. The summed E-state index contributed by atoms with van der Waals surface area (Å²) in [4.78, 5) is 4.97. The molecule has 0 radical (unpaired) electrons. The van der Waals surface area contributed by atoms with Crippen LogP contribution in [0.2, 0.25) is 0 Å². The van der Waals surface area contributed by atoms with E-state index in [0.29, 0.717) is 11.5 Å². The van der Waals surface area contributed by atoms with Gasteiger partial charge in [0.25, 0.3) is 0 Å². The Kier molecular flexibility index (Phi) is 3.81. The van der Waals surface area contributed by atoms with Gasteiger partial charge in [-0.1, -0.05) is 16.4 Å². The molecule has 0 aliphatic carbocycles. The first kappa shape index (κ1) is 11.7. The number of aromatic amines is 1. The fourth-order valence-corrected chi connectivity index (χ4v) is 1.50. The number of tetrazole rings is 1. The van der Waals surface area contributed by atoms with E-state index in [1.165, 1.54) is 0 Å². The number of hydrogen-bond donors (Lipinski definition) is 3. The van der Waals surface area contributed by atoms with E-state index in [-0.39, 0.29) is 0 Å². The Hall–Kier alpha value is -1.77. The van der Waals surface area contributed by atoms with E-state index in [9.17, 15) is 0 Å². The normalized spacial score (nSPS) is 10.4. The van der Waals surface area contributed by atoms with Gasteiger partial charge in [0.2, 0.25) is 4.77 Å². The van der Waals surface area contributed by atoms with Crippen molar-refractivity contribution in [2.24, 2.45) is 0 Å². The first-order chi connectivity index (χ1) is 8.31. The second-order valence-electron chi connectivity index (χ2n) is 3.14. The third-order valence-electron chi connectivity index (χ3n) is 2.07. The molecule has 0 spiro atoms. The fraction of sp³-hybridized carbons (Fsp3) is 0.222. The SMILES string of the molecule is CNOCNc1cccc(-n2[nH]nnc2=S)c1. The molecule has 2 rings (SSSR count). The van der Waals surface area contributed by atoms with Crippen molar-refractivity contribution in [3.63, 3.8) is 0 Å². The van der Waals surface area contributed by atoms with Crippen LogP contribution < -0.4 is 10.8 Å². The fourth-order valence-electron chi connectivity index (χ4n) is 1.31. The lowest BCUT2D eigenvalue weighted by Gasteiger charge is -2.07. The largest absolute Gasteiger partial charge is 0.361 e. The van der Waals surface area contributed by atoms with Gasteiger partial charge in [0, 0.05) is 12.7 Å². The van der Waals surface area contributed by atoms with Crippen LogP contribution in [0.15, 0.2) is 24.3 Å². The molecule has 0 aliphatic rings. The second-order valence-corrected chi connectivity index (χ2v) is 3.50. The number of anilines is 1. The van der Waals surface area contributed by atoms with Crippen molar-refractivity contribution in [3.8, 4) is 5.69 Å². The molecule has 0 amide bonds. The van der Waals surface area contributed by atoms with Crippen molar-refractivity contribution in [1.29, 1.82) is 0 Å². The highest BCUT2D eigenvalue weighted by Crippen LogP contribution is 2.13. The molecule has 0 saturated carbocycles. The molecule has 1 heterocycles. The average molecular weight is 252 g/mol. The van der Waals surface area contributed by atoms with Gasteiger partial charge in [0.1, 0.15) is 6.73 Å². The van der Waals surface area contributed by atoms with E-state index in [1.807, 2.05) is 24.3 Å². The third kappa shape index (κ3) is 2.87. The standard InChI is InChI=1S/C9H12N6OS/c1-10-16-6-11-7-3-2-4-8(5-7)15-9(17)12-13-14-15/h2-5,10-11H,6H2,1H3,(H,12,14,17). The minimum Gasteiger partial charge on any atom is -0.361 e. The molecule has 17 heavy (non-hydrogen) atoms. The molecular formula is C9H12N6OS. The number of hydroxylamine groups is 1. The van der Waals surface area contributed by atoms with Gasteiger partial charge in [-0.15, -0.1) is 0 Å². The molecule has 3 N–H and O–H groups in total. The van der Waals surface area contributed by atoms with Crippen LogP contribution in [0, 0.1) is 4.77 Å². The molecule has 8 heteroatoms. The summed E-state index contributed by atoms with van der Waals surface area (Å²) in [7, 11) is 1.70. The number of benzene rings is 1. The van der Waals surface area contributed by atoms with Gasteiger partial charge in [0.05, 0.1) is 5.69 Å². The first-order valence-corrected chi connectivity index (χ1v) is 5.35. The third-order valence-corrected chi connectivity index (χ3v) is 2.33. The Morgan fingerprint density at radius 2 is 2.41 bits per heavy atom. The van der Waals surface area contributed by atoms with Gasteiger partial charge in [-0.25, -0.2) is 10.2 Å². The van der Waals surface area contributed by atoms with Crippen LogP contribution in [-0.2, 0) is 4.84 Å².